The van der Waals surface area contributed by atoms with E-state index in [1.165, 1.54) is 23.1 Å². The summed E-state index contributed by atoms with van der Waals surface area (Å²) in [5, 5.41) is 7.92. The molecule has 0 bridgehead atoms. The Bertz CT molecular complexity index is 1380. The molecule has 1 aromatic heterocycles. The number of ether oxygens (including phenoxy) is 1. The monoisotopic (exact) mass is 545 g/mol. The topological polar surface area (TPSA) is 80.3 Å². The highest BCUT2D eigenvalue weighted by atomic mass is 32.2. The van der Waals surface area contributed by atoms with Gasteiger partial charge >= 0.3 is 0 Å². The molecule has 0 radical (unpaired) electrons. The van der Waals surface area contributed by atoms with E-state index in [0.717, 1.165) is 27.5 Å². The smallest absolute Gasteiger partial charge is 0.244 e. The molecule has 2 amide bonds. The summed E-state index contributed by atoms with van der Waals surface area (Å²) in [6, 6.07) is 24.9. The third kappa shape index (κ3) is 7.69. The van der Waals surface area contributed by atoms with Crippen LogP contribution < -0.4 is 15.4 Å². The van der Waals surface area contributed by atoms with E-state index >= 15 is 0 Å². The second kappa shape index (κ2) is 12.3. The molecule has 0 saturated heterocycles. The number of carbonyl (C=O) groups is 2. The largest absolute Gasteiger partial charge is 0.497 e. The van der Waals surface area contributed by atoms with Crippen molar-refractivity contribution in [1.82, 2.24) is 4.98 Å². The molecule has 1 unspecified atom stereocenters. The van der Waals surface area contributed by atoms with Crippen LogP contribution in [0.2, 0.25) is 0 Å². The van der Waals surface area contributed by atoms with Crippen LogP contribution in [0, 0.1) is 5.41 Å². The van der Waals surface area contributed by atoms with Crippen molar-refractivity contribution in [2.45, 2.75) is 37.3 Å². The van der Waals surface area contributed by atoms with Gasteiger partial charge in [-0.3, -0.25) is 9.59 Å². The molecular formula is C30H31N3O3S2. The second-order valence-corrected chi connectivity index (χ2v) is 12.0. The molecule has 6 nitrogen and oxygen atoms in total. The number of aromatic nitrogens is 1. The third-order valence-electron chi connectivity index (χ3n) is 5.52. The fourth-order valence-electron chi connectivity index (χ4n) is 3.77. The standard InChI is InChI=1S/C30H31N3O3S2/c1-30(2,3)18-26(34)31-22-11-8-12-24(17-22)38-27(21-9-6-5-7-10-21)28(35)33-29-32-25(19-37-29)20-13-15-23(36-4)16-14-20/h5-17,19,27H,18H2,1-4H3,(H,31,34)(H,32,33,35). The highest BCUT2D eigenvalue weighted by Crippen LogP contribution is 2.38. The molecule has 38 heavy (non-hydrogen) atoms. The van der Waals surface area contributed by atoms with Gasteiger partial charge in [0.05, 0.1) is 12.8 Å². The van der Waals surface area contributed by atoms with Crippen LogP contribution in [-0.2, 0) is 9.59 Å². The van der Waals surface area contributed by atoms with E-state index in [1.54, 1.807) is 7.11 Å². The zero-order chi connectivity index (χ0) is 27.1. The number of nitrogens with one attached hydrogen (secondary N) is 2. The first-order valence-electron chi connectivity index (χ1n) is 12.2. The van der Waals surface area contributed by atoms with Crippen molar-refractivity contribution in [3.8, 4) is 17.0 Å². The van der Waals surface area contributed by atoms with Gasteiger partial charge in [0.1, 0.15) is 11.0 Å². The molecular weight excluding hydrogens is 514 g/mol. The SMILES string of the molecule is COc1ccc(-c2csc(NC(=O)C(Sc3cccc(NC(=O)CC(C)(C)C)c3)c3ccccc3)n2)cc1. The summed E-state index contributed by atoms with van der Waals surface area (Å²) >= 11 is 2.81. The number of anilines is 2. The molecule has 196 valence electrons. The van der Waals surface area contributed by atoms with Gasteiger partial charge in [-0.1, -0.05) is 57.2 Å². The summed E-state index contributed by atoms with van der Waals surface area (Å²) in [5.74, 6) is 0.575. The minimum absolute atomic E-state index is 0.0339. The van der Waals surface area contributed by atoms with Gasteiger partial charge in [0.25, 0.3) is 0 Å². The summed E-state index contributed by atoms with van der Waals surface area (Å²) < 4.78 is 5.23. The lowest BCUT2D eigenvalue weighted by atomic mass is 9.92. The average molecular weight is 546 g/mol. The van der Waals surface area contributed by atoms with E-state index in [2.05, 4.69) is 15.6 Å². The molecule has 0 aliphatic carbocycles. The summed E-state index contributed by atoms with van der Waals surface area (Å²) in [5.41, 5.74) is 3.22. The number of amides is 2. The van der Waals surface area contributed by atoms with Crippen LogP contribution in [-0.4, -0.2) is 23.9 Å². The van der Waals surface area contributed by atoms with Crippen LogP contribution in [0.25, 0.3) is 11.3 Å². The van der Waals surface area contributed by atoms with Crippen molar-refractivity contribution in [3.63, 3.8) is 0 Å². The maximum atomic E-state index is 13.5. The maximum absolute atomic E-state index is 13.5. The third-order valence-corrected chi connectivity index (χ3v) is 7.53. The van der Waals surface area contributed by atoms with E-state index in [0.29, 0.717) is 17.2 Å². The Kier molecular flexibility index (Phi) is 8.86. The Morgan fingerprint density at radius 3 is 2.39 bits per heavy atom. The molecule has 4 aromatic rings. The zero-order valence-corrected chi connectivity index (χ0v) is 23.5. The maximum Gasteiger partial charge on any atom is 0.244 e. The van der Waals surface area contributed by atoms with Crippen LogP contribution >= 0.6 is 23.1 Å². The van der Waals surface area contributed by atoms with E-state index in [-0.39, 0.29) is 17.2 Å². The van der Waals surface area contributed by atoms with Crippen LogP contribution in [0.5, 0.6) is 5.75 Å². The van der Waals surface area contributed by atoms with Gasteiger partial charge in [0.15, 0.2) is 5.13 Å². The van der Waals surface area contributed by atoms with Crippen molar-refractivity contribution >= 4 is 45.7 Å². The molecule has 1 atom stereocenters. The van der Waals surface area contributed by atoms with E-state index in [1.807, 2.05) is 105 Å². The van der Waals surface area contributed by atoms with Crippen molar-refractivity contribution in [1.29, 1.82) is 0 Å². The first-order valence-corrected chi connectivity index (χ1v) is 14.0. The summed E-state index contributed by atoms with van der Waals surface area (Å²) in [7, 11) is 1.63. The molecule has 1 heterocycles. The number of thioether (sulfide) groups is 1. The lowest BCUT2D eigenvalue weighted by Gasteiger charge is -2.18. The fraction of sp³-hybridized carbons (Fsp3) is 0.233. The lowest BCUT2D eigenvalue weighted by molar-refractivity contribution is -0.118. The Hall–Kier alpha value is -3.62. The van der Waals surface area contributed by atoms with Crippen molar-refractivity contribution in [2.24, 2.45) is 5.41 Å². The summed E-state index contributed by atoms with van der Waals surface area (Å²) in [4.78, 5) is 31.5. The van der Waals surface area contributed by atoms with Gasteiger partial charge in [-0.25, -0.2) is 4.98 Å². The van der Waals surface area contributed by atoms with Gasteiger partial charge in [0.2, 0.25) is 11.8 Å². The predicted molar refractivity (Wildman–Crippen MR) is 157 cm³/mol. The number of carbonyl (C=O) groups excluding carboxylic acids is 2. The normalized spacial score (nSPS) is 12.0. The van der Waals surface area contributed by atoms with E-state index in [4.69, 9.17) is 4.74 Å². The molecule has 0 fully saturated rings. The first-order chi connectivity index (χ1) is 18.2. The molecule has 0 aliphatic rings. The number of methoxy groups -OCH3 is 1. The molecule has 4 rings (SSSR count). The highest BCUT2D eigenvalue weighted by molar-refractivity contribution is 8.00. The molecule has 2 N–H and O–H groups in total. The predicted octanol–water partition coefficient (Wildman–Crippen LogP) is 7.67. The van der Waals surface area contributed by atoms with Crippen molar-refractivity contribution < 1.29 is 14.3 Å². The summed E-state index contributed by atoms with van der Waals surface area (Å²) in [6.45, 7) is 6.10. The summed E-state index contributed by atoms with van der Waals surface area (Å²) in [6.07, 6.45) is 0.422. The van der Waals surface area contributed by atoms with Crippen LogP contribution in [0.4, 0.5) is 10.8 Å². The van der Waals surface area contributed by atoms with E-state index < -0.39 is 5.25 Å². The Labute approximate surface area is 231 Å². The van der Waals surface area contributed by atoms with E-state index in [9.17, 15) is 9.59 Å². The minimum atomic E-state index is -0.509. The van der Waals surface area contributed by atoms with Gasteiger partial charge in [0, 0.05) is 27.9 Å². The minimum Gasteiger partial charge on any atom is -0.497 e. The van der Waals surface area contributed by atoms with Gasteiger partial charge in [-0.05, 0) is 53.4 Å². The van der Waals surface area contributed by atoms with Crippen LogP contribution in [0.15, 0.2) is 89.1 Å². The zero-order valence-electron chi connectivity index (χ0n) is 21.9. The Balaban J connectivity index is 1.50. The number of benzene rings is 3. The quantitative estimate of drug-likeness (QED) is 0.211. The lowest BCUT2D eigenvalue weighted by Crippen LogP contribution is -2.20. The number of rotatable bonds is 9. The highest BCUT2D eigenvalue weighted by Gasteiger charge is 2.24. The van der Waals surface area contributed by atoms with Gasteiger partial charge < -0.3 is 15.4 Å². The van der Waals surface area contributed by atoms with Crippen molar-refractivity contribution in [2.75, 3.05) is 17.7 Å². The molecule has 3 aromatic carbocycles. The molecule has 0 spiro atoms. The average Bonchev–Trinajstić information content (AvgIpc) is 3.35. The van der Waals surface area contributed by atoms with Crippen molar-refractivity contribution in [3.05, 3.63) is 89.8 Å². The Morgan fingerprint density at radius 2 is 1.71 bits per heavy atom. The van der Waals surface area contributed by atoms with Gasteiger partial charge in [-0.15, -0.1) is 23.1 Å². The first kappa shape index (κ1) is 27.4. The molecule has 0 aliphatic heterocycles. The second-order valence-electron chi connectivity index (χ2n) is 9.98. The Morgan fingerprint density at radius 1 is 0.974 bits per heavy atom. The number of hydrogen-bond acceptors (Lipinski definition) is 6. The fourth-order valence-corrected chi connectivity index (χ4v) is 5.57. The number of thiazole rings is 1. The van der Waals surface area contributed by atoms with Gasteiger partial charge in [-0.2, -0.15) is 0 Å². The molecule has 0 saturated carbocycles. The van der Waals surface area contributed by atoms with Crippen LogP contribution in [0.1, 0.15) is 38.0 Å². The number of hydrogen-bond donors (Lipinski definition) is 2. The molecule has 8 heteroatoms. The van der Waals surface area contributed by atoms with Crippen LogP contribution in [0.3, 0.4) is 0 Å². The number of nitrogens with zero attached hydrogens (tertiary/aromatic N) is 1.